The van der Waals surface area contributed by atoms with Crippen molar-refractivity contribution in [1.29, 1.82) is 0 Å². The third kappa shape index (κ3) is 1.73. The first kappa shape index (κ1) is 9.58. The van der Waals surface area contributed by atoms with Gasteiger partial charge in [-0.05, 0) is 30.4 Å². The quantitative estimate of drug-likeness (QED) is 0.851. The minimum Gasteiger partial charge on any atom is -0.369 e. The highest BCUT2D eigenvalue weighted by molar-refractivity contribution is 5.88. The molecule has 2 aromatic rings. The molecule has 1 aliphatic rings. The van der Waals surface area contributed by atoms with Crippen molar-refractivity contribution in [3.8, 4) is 0 Å². The van der Waals surface area contributed by atoms with Gasteiger partial charge >= 0.3 is 0 Å². The number of anilines is 1. The van der Waals surface area contributed by atoms with Crippen LogP contribution in [-0.2, 0) is 0 Å². The molecule has 1 aromatic carbocycles. The third-order valence-electron chi connectivity index (χ3n) is 3.35. The van der Waals surface area contributed by atoms with Crippen LogP contribution in [0.4, 0.5) is 5.82 Å². The van der Waals surface area contributed by atoms with Crippen LogP contribution in [0, 0.1) is 11.8 Å². The fraction of sp³-hybridized carbons (Fsp3) is 0.385. The van der Waals surface area contributed by atoms with Crippen LogP contribution in [0.2, 0.25) is 0 Å². The van der Waals surface area contributed by atoms with E-state index in [1.54, 1.807) is 6.33 Å². The topological polar surface area (TPSA) is 37.8 Å². The van der Waals surface area contributed by atoms with Crippen molar-refractivity contribution in [2.45, 2.75) is 13.3 Å². The van der Waals surface area contributed by atoms with Crippen LogP contribution < -0.4 is 5.32 Å². The van der Waals surface area contributed by atoms with Crippen molar-refractivity contribution in [3.63, 3.8) is 0 Å². The lowest BCUT2D eigenvalue weighted by molar-refractivity contribution is 0.785. The predicted octanol–water partition coefficient (Wildman–Crippen LogP) is 2.70. The Morgan fingerprint density at radius 3 is 2.94 bits per heavy atom. The third-order valence-corrected chi connectivity index (χ3v) is 3.35. The number of para-hydroxylation sites is 1. The highest BCUT2D eigenvalue weighted by atomic mass is 15.0. The van der Waals surface area contributed by atoms with E-state index < -0.39 is 0 Å². The van der Waals surface area contributed by atoms with Gasteiger partial charge in [-0.1, -0.05) is 19.1 Å². The Morgan fingerprint density at radius 2 is 2.12 bits per heavy atom. The highest BCUT2D eigenvalue weighted by Crippen LogP contribution is 2.37. The summed E-state index contributed by atoms with van der Waals surface area (Å²) in [4.78, 5) is 8.56. The molecule has 16 heavy (non-hydrogen) atoms. The zero-order valence-electron chi connectivity index (χ0n) is 9.35. The van der Waals surface area contributed by atoms with Gasteiger partial charge in [-0.2, -0.15) is 0 Å². The maximum atomic E-state index is 4.31. The summed E-state index contributed by atoms with van der Waals surface area (Å²) < 4.78 is 0. The molecule has 0 bridgehead atoms. The molecule has 0 radical (unpaired) electrons. The molecule has 2 atom stereocenters. The first-order chi connectivity index (χ1) is 7.84. The lowest BCUT2D eigenvalue weighted by Gasteiger charge is -2.07. The lowest BCUT2D eigenvalue weighted by atomic mass is 10.2. The van der Waals surface area contributed by atoms with E-state index >= 15 is 0 Å². The van der Waals surface area contributed by atoms with E-state index in [9.17, 15) is 0 Å². The van der Waals surface area contributed by atoms with E-state index in [0.29, 0.717) is 0 Å². The van der Waals surface area contributed by atoms with Gasteiger partial charge in [0.2, 0.25) is 0 Å². The van der Waals surface area contributed by atoms with Gasteiger partial charge in [0.25, 0.3) is 0 Å². The summed E-state index contributed by atoms with van der Waals surface area (Å²) in [6.07, 6.45) is 2.97. The molecule has 3 nitrogen and oxygen atoms in total. The highest BCUT2D eigenvalue weighted by Gasteiger charge is 2.31. The minimum atomic E-state index is 0.828. The van der Waals surface area contributed by atoms with E-state index in [2.05, 4.69) is 28.3 Å². The number of fused-ring (bicyclic) bond motifs is 1. The van der Waals surface area contributed by atoms with E-state index in [1.165, 1.54) is 6.42 Å². The normalized spacial score (nSPS) is 23.3. The van der Waals surface area contributed by atoms with E-state index in [4.69, 9.17) is 0 Å². The Morgan fingerprint density at radius 1 is 1.31 bits per heavy atom. The molecular formula is C13H15N3. The number of aromatic nitrogens is 2. The Labute approximate surface area is 94.9 Å². The van der Waals surface area contributed by atoms with Crippen molar-refractivity contribution >= 4 is 16.7 Å². The summed E-state index contributed by atoms with van der Waals surface area (Å²) >= 11 is 0. The molecular weight excluding hydrogens is 198 g/mol. The van der Waals surface area contributed by atoms with E-state index in [1.807, 2.05) is 18.2 Å². The van der Waals surface area contributed by atoms with Crippen molar-refractivity contribution in [2.24, 2.45) is 11.8 Å². The van der Waals surface area contributed by atoms with Crippen LogP contribution in [0.25, 0.3) is 10.9 Å². The Hall–Kier alpha value is -1.64. The van der Waals surface area contributed by atoms with E-state index in [-0.39, 0.29) is 0 Å². The maximum Gasteiger partial charge on any atom is 0.137 e. The largest absolute Gasteiger partial charge is 0.369 e. The van der Waals surface area contributed by atoms with Crippen molar-refractivity contribution in [3.05, 3.63) is 30.6 Å². The van der Waals surface area contributed by atoms with Gasteiger partial charge in [0.05, 0.1) is 5.52 Å². The lowest BCUT2D eigenvalue weighted by Crippen LogP contribution is -2.06. The summed E-state index contributed by atoms with van der Waals surface area (Å²) in [5, 5.41) is 4.54. The second-order valence-electron chi connectivity index (χ2n) is 4.59. The summed E-state index contributed by atoms with van der Waals surface area (Å²) in [6, 6.07) is 8.11. The summed E-state index contributed by atoms with van der Waals surface area (Å²) in [6.45, 7) is 3.33. The minimum absolute atomic E-state index is 0.828. The smallest absolute Gasteiger partial charge is 0.137 e. The van der Waals surface area contributed by atoms with Crippen LogP contribution in [0.5, 0.6) is 0 Å². The van der Waals surface area contributed by atoms with Crippen LogP contribution in [0.1, 0.15) is 13.3 Å². The fourth-order valence-electron chi connectivity index (χ4n) is 2.06. The number of nitrogens with one attached hydrogen (secondary N) is 1. The molecule has 1 saturated carbocycles. The number of benzene rings is 1. The van der Waals surface area contributed by atoms with Crippen LogP contribution in [0.3, 0.4) is 0 Å². The predicted molar refractivity (Wildman–Crippen MR) is 65.3 cm³/mol. The number of hydrogen-bond donors (Lipinski definition) is 1. The van der Waals surface area contributed by atoms with Gasteiger partial charge in [0.15, 0.2) is 0 Å². The Balaban J connectivity index is 1.85. The fourth-order valence-corrected chi connectivity index (χ4v) is 2.06. The van der Waals surface area contributed by atoms with Crippen LogP contribution >= 0.6 is 0 Å². The first-order valence-corrected chi connectivity index (χ1v) is 5.78. The maximum absolute atomic E-state index is 4.31. The Bertz CT molecular complexity index is 504. The molecule has 3 heteroatoms. The summed E-state index contributed by atoms with van der Waals surface area (Å²) in [5.41, 5.74) is 1.00. The molecule has 1 aliphatic carbocycles. The van der Waals surface area contributed by atoms with Gasteiger partial charge in [-0.15, -0.1) is 0 Å². The molecule has 0 aliphatic heterocycles. The van der Waals surface area contributed by atoms with Crippen molar-refractivity contribution < 1.29 is 0 Å². The molecule has 0 saturated heterocycles. The van der Waals surface area contributed by atoms with Gasteiger partial charge in [-0.3, -0.25) is 0 Å². The van der Waals surface area contributed by atoms with Crippen LogP contribution in [0.15, 0.2) is 30.6 Å². The molecule has 0 spiro atoms. The van der Waals surface area contributed by atoms with Gasteiger partial charge in [0.1, 0.15) is 12.1 Å². The van der Waals surface area contributed by atoms with E-state index in [0.717, 1.165) is 35.1 Å². The number of rotatable bonds is 3. The monoisotopic (exact) mass is 213 g/mol. The van der Waals surface area contributed by atoms with Gasteiger partial charge < -0.3 is 5.32 Å². The summed E-state index contributed by atoms with van der Waals surface area (Å²) in [5.74, 6) is 2.67. The summed E-state index contributed by atoms with van der Waals surface area (Å²) in [7, 11) is 0. The molecule has 1 fully saturated rings. The number of hydrogen-bond acceptors (Lipinski definition) is 3. The van der Waals surface area contributed by atoms with Gasteiger partial charge in [0, 0.05) is 11.9 Å². The SMILES string of the molecule is CC1CC1CNc1ncnc2ccccc12. The van der Waals surface area contributed by atoms with Crippen LogP contribution in [-0.4, -0.2) is 16.5 Å². The average Bonchev–Trinajstić information content (AvgIpc) is 3.03. The van der Waals surface area contributed by atoms with Crippen molar-refractivity contribution in [2.75, 3.05) is 11.9 Å². The zero-order valence-corrected chi connectivity index (χ0v) is 9.35. The molecule has 1 N–H and O–H groups in total. The second-order valence-corrected chi connectivity index (χ2v) is 4.59. The van der Waals surface area contributed by atoms with Crippen molar-refractivity contribution in [1.82, 2.24) is 9.97 Å². The molecule has 2 unspecified atom stereocenters. The second kappa shape index (κ2) is 3.74. The molecule has 0 amide bonds. The molecule has 1 aromatic heterocycles. The molecule has 1 heterocycles. The van der Waals surface area contributed by atoms with Gasteiger partial charge in [-0.25, -0.2) is 9.97 Å². The molecule has 82 valence electrons. The number of nitrogens with zero attached hydrogens (tertiary/aromatic N) is 2. The zero-order chi connectivity index (χ0) is 11.0. The molecule has 3 rings (SSSR count). The standard InChI is InChI=1S/C13H15N3/c1-9-6-10(9)7-14-13-11-4-2-3-5-12(11)15-8-16-13/h2-5,8-10H,6-7H2,1H3,(H,14,15,16). The Kier molecular flexibility index (Phi) is 2.24. The first-order valence-electron chi connectivity index (χ1n) is 5.78. The average molecular weight is 213 g/mol.